The van der Waals surface area contributed by atoms with Crippen molar-refractivity contribution in [3.63, 3.8) is 0 Å². The average Bonchev–Trinajstić information content (AvgIpc) is 2.17. The van der Waals surface area contributed by atoms with Crippen molar-refractivity contribution in [3.05, 3.63) is 0 Å². The van der Waals surface area contributed by atoms with Crippen molar-refractivity contribution in [3.8, 4) is 0 Å². The SMILES string of the molecule is CSCC(C)CNC1=NCC(C)(C)CS1. The molecule has 1 N–H and O–H groups in total. The van der Waals surface area contributed by atoms with Crippen LogP contribution in [0, 0.1) is 11.3 Å². The number of rotatable bonds is 4. The van der Waals surface area contributed by atoms with Crippen molar-refractivity contribution in [1.82, 2.24) is 5.32 Å². The maximum atomic E-state index is 4.58. The molecule has 1 atom stereocenters. The molecule has 0 saturated heterocycles. The summed E-state index contributed by atoms with van der Waals surface area (Å²) in [5.74, 6) is 3.12. The predicted octanol–water partition coefficient (Wildman–Crippen LogP) is 2.70. The van der Waals surface area contributed by atoms with Gasteiger partial charge in [0.1, 0.15) is 0 Å². The van der Waals surface area contributed by atoms with Gasteiger partial charge in [0.25, 0.3) is 0 Å². The molecule has 0 fully saturated rings. The first-order valence-electron chi connectivity index (χ1n) is 5.43. The molecule has 1 unspecified atom stereocenters. The number of nitrogens with one attached hydrogen (secondary N) is 1. The Morgan fingerprint density at radius 3 is 2.87 bits per heavy atom. The molecule has 0 amide bonds. The Labute approximate surface area is 102 Å². The first-order valence-corrected chi connectivity index (χ1v) is 7.81. The molecule has 0 bridgehead atoms. The Bertz CT molecular complexity index is 227. The van der Waals surface area contributed by atoms with Gasteiger partial charge >= 0.3 is 0 Å². The van der Waals surface area contributed by atoms with Gasteiger partial charge in [-0.25, -0.2) is 0 Å². The molecule has 2 nitrogen and oxygen atoms in total. The van der Waals surface area contributed by atoms with Crippen LogP contribution in [0.1, 0.15) is 20.8 Å². The monoisotopic (exact) mass is 246 g/mol. The number of hydrogen-bond acceptors (Lipinski definition) is 4. The van der Waals surface area contributed by atoms with Crippen LogP contribution in [0.2, 0.25) is 0 Å². The van der Waals surface area contributed by atoms with Crippen LogP contribution in [0.25, 0.3) is 0 Å². The Balaban J connectivity index is 2.26. The smallest absolute Gasteiger partial charge is 0.156 e. The average molecular weight is 246 g/mol. The number of nitrogens with zero attached hydrogens (tertiary/aromatic N) is 1. The highest BCUT2D eigenvalue weighted by Gasteiger charge is 2.23. The maximum absolute atomic E-state index is 4.58. The van der Waals surface area contributed by atoms with Crippen LogP contribution in [-0.2, 0) is 0 Å². The van der Waals surface area contributed by atoms with E-state index in [0.29, 0.717) is 5.41 Å². The van der Waals surface area contributed by atoms with E-state index < -0.39 is 0 Å². The van der Waals surface area contributed by atoms with Gasteiger partial charge in [0.15, 0.2) is 5.17 Å². The summed E-state index contributed by atoms with van der Waals surface area (Å²) in [5.41, 5.74) is 0.376. The zero-order valence-electron chi connectivity index (χ0n) is 10.2. The van der Waals surface area contributed by atoms with Crippen LogP contribution in [0.5, 0.6) is 0 Å². The molecule has 0 aliphatic carbocycles. The fourth-order valence-electron chi connectivity index (χ4n) is 1.35. The van der Waals surface area contributed by atoms with E-state index in [1.54, 1.807) is 0 Å². The summed E-state index contributed by atoms with van der Waals surface area (Å²) in [6.45, 7) is 8.83. The van der Waals surface area contributed by atoms with Gasteiger partial charge in [0, 0.05) is 18.8 Å². The second-order valence-electron chi connectivity index (χ2n) is 5.02. The number of thioether (sulfide) groups is 2. The zero-order chi connectivity index (χ0) is 11.3. The standard InChI is InChI=1S/C11H22N2S2/c1-9(6-14-4)5-12-10-13-7-11(2,3)8-15-10/h9H,5-8H2,1-4H3,(H,12,13). The fraction of sp³-hybridized carbons (Fsp3) is 0.909. The summed E-state index contributed by atoms with van der Waals surface area (Å²) in [5, 5.41) is 4.58. The summed E-state index contributed by atoms with van der Waals surface area (Å²) in [6.07, 6.45) is 2.16. The second-order valence-corrected chi connectivity index (χ2v) is 6.89. The zero-order valence-corrected chi connectivity index (χ0v) is 11.8. The third-order valence-corrected chi connectivity index (χ3v) is 4.68. The first-order chi connectivity index (χ1) is 7.03. The molecule has 1 rings (SSSR count). The highest BCUT2D eigenvalue weighted by Crippen LogP contribution is 2.26. The van der Waals surface area contributed by atoms with Crippen molar-refractivity contribution in [2.24, 2.45) is 16.3 Å². The molecule has 1 heterocycles. The van der Waals surface area contributed by atoms with Gasteiger partial charge in [-0.1, -0.05) is 32.5 Å². The number of amidine groups is 1. The lowest BCUT2D eigenvalue weighted by Gasteiger charge is -2.27. The number of hydrogen-bond donors (Lipinski definition) is 1. The van der Waals surface area contributed by atoms with E-state index in [-0.39, 0.29) is 0 Å². The maximum Gasteiger partial charge on any atom is 0.156 e. The van der Waals surface area contributed by atoms with E-state index in [9.17, 15) is 0 Å². The molecule has 1 aliphatic heterocycles. The van der Waals surface area contributed by atoms with Crippen LogP contribution in [-0.4, -0.2) is 36.0 Å². The van der Waals surface area contributed by atoms with Crippen LogP contribution in [0.4, 0.5) is 0 Å². The summed E-state index contributed by atoms with van der Waals surface area (Å²) in [4.78, 5) is 4.58. The second kappa shape index (κ2) is 6.04. The van der Waals surface area contributed by atoms with Gasteiger partial charge in [-0.2, -0.15) is 11.8 Å². The van der Waals surface area contributed by atoms with Gasteiger partial charge in [-0.05, 0) is 23.3 Å². The van der Waals surface area contributed by atoms with E-state index in [2.05, 4.69) is 37.3 Å². The van der Waals surface area contributed by atoms with Gasteiger partial charge in [0.2, 0.25) is 0 Å². The van der Waals surface area contributed by atoms with Crippen molar-refractivity contribution in [2.75, 3.05) is 30.9 Å². The molecule has 15 heavy (non-hydrogen) atoms. The molecule has 4 heteroatoms. The molecular formula is C11H22N2S2. The van der Waals surface area contributed by atoms with Gasteiger partial charge in [0.05, 0.1) is 0 Å². The molecule has 0 aromatic heterocycles. The highest BCUT2D eigenvalue weighted by atomic mass is 32.2. The lowest BCUT2D eigenvalue weighted by Crippen LogP contribution is -2.33. The minimum absolute atomic E-state index is 0.376. The normalized spacial score (nSPS) is 22.0. The highest BCUT2D eigenvalue weighted by molar-refractivity contribution is 8.13. The molecule has 88 valence electrons. The van der Waals surface area contributed by atoms with Crippen molar-refractivity contribution in [1.29, 1.82) is 0 Å². The Morgan fingerprint density at radius 1 is 1.60 bits per heavy atom. The lowest BCUT2D eigenvalue weighted by molar-refractivity contribution is 0.436. The molecule has 1 aliphatic rings. The van der Waals surface area contributed by atoms with E-state index >= 15 is 0 Å². The lowest BCUT2D eigenvalue weighted by atomic mass is 9.97. The summed E-state index contributed by atoms with van der Waals surface area (Å²) in [7, 11) is 0. The Morgan fingerprint density at radius 2 is 2.33 bits per heavy atom. The molecule has 0 saturated carbocycles. The fourth-order valence-corrected chi connectivity index (χ4v) is 3.00. The van der Waals surface area contributed by atoms with E-state index in [1.165, 1.54) is 11.5 Å². The third kappa shape index (κ3) is 5.16. The van der Waals surface area contributed by atoms with Gasteiger partial charge in [-0.15, -0.1) is 0 Å². The number of aliphatic imine (C=N–C) groups is 1. The Hall–Kier alpha value is 0.170. The molecular weight excluding hydrogens is 224 g/mol. The Kier molecular flexibility index (Phi) is 5.33. The molecule has 0 radical (unpaired) electrons. The van der Waals surface area contributed by atoms with Gasteiger partial charge in [-0.3, -0.25) is 4.99 Å². The van der Waals surface area contributed by atoms with Crippen molar-refractivity contribution >= 4 is 28.7 Å². The molecule has 0 aromatic rings. The van der Waals surface area contributed by atoms with Gasteiger partial charge < -0.3 is 5.32 Å². The van der Waals surface area contributed by atoms with Crippen LogP contribution in [0.3, 0.4) is 0 Å². The summed E-state index contributed by atoms with van der Waals surface area (Å²) in [6, 6.07) is 0. The molecule has 0 spiro atoms. The van der Waals surface area contributed by atoms with Crippen LogP contribution in [0.15, 0.2) is 4.99 Å². The quantitative estimate of drug-likeness (QED) is 0.825. The first kappa shape index (κ1) is 13.2. The minimum atomic E-state index is 0.376. The van der Waals surface area contributed by atoms with Crippen LogP contribution < -0.4 is 5.32 Å². The predicted molar refractivity (Wildman–Crippen MR) is 74.1 cm³/mol. The topological polar surface area (TPSA) is 24.4 Å². The summed E-state index contributed by atoms with van der Waals surface area (Å²) < 4.78 is 0. The molecule has 0 aromatic carbocycles. The largest absolute Gasteiger partial charge is 0.365 e. The van der Waals surface area contributed by atoms with Crippen molar-refractivity contribution in [2.45, 2.75) is 20.8 Å². The van der Waals surface area contributed by atoms with Crippen LogP contribution >= 0.6 is 23.5 Å². The third-order valence-electron chi connectivity index (χ3n) is 2.30. The summed E-state index contributed by atoms with van der Waals surface area (Å²) >= 11 is 3.77. The minimum Gasteiger partial charge on any atom is -0.365 e. The van der Waals surface area contributed by atoms with E-state index in [1.807, 2.05) is 23.5 Å². The van der Waals surface area contributed by atoms with E-state index in [0.717, 1.165) is 24.2 Å². The van der Waals surface area contributed by atoms with E-state index in [4.69, 9.17) is 0 Å². The van der Waals surface area contributed by atoms with Crippen molar-refractivity contribution < 1.29 is 0 Å².